The number of aliphatic carboxylic acids is 1. The molecule has 6 nitrogen and oxygen atoms in total. The average molecular weight is 465 g/mol. The molecule has 178 valence electrons. The van der Waals surface area contributed by atoms with Crippen LogP contribution in [0.4, 0.5) is 13.2 Å². The first-order valence-electron chi connectivity index (χ1n) is 10.3. The van der Waals surface area contributed by atoms with E-state index < -0.39 is 30.9 Å². The summed E-state index contributed by atoms with van der Waals surface area (Å²) >= 11 is 0. The van der Waals surface area contributed by atoms with Crippen LogP contribution in [0.5, 0.6) is 11.5 Å². The fourth-order valence-electron chi connectivity index (χ4n) is 3.10. The number of carbonyl (C=O) groups is 2. The number of hydrogen-bond acceptors (Lipinski definition) is 4. The number of nitrogens with zero attached hydrogens (tertiary/aromatic N) is 1. The number of halogens is 3. The monoisotopic (exact) mass is 465 g/mol. The highest BCUT2D eigenvalue weighted by Gasteiger charge is 2.33. The van der Waals surface area contributed by atoms with Crippen LogP contribution in [0.25, 0.3) is 5.57 Å². The number of carbonyl (C=O) groups excluding carboxylic acids is 1. The minimum Gasteiger partial charge on any atom is -0.485 e. The SMILES string of the molecule is CCN(CC)C(=O)/C=C(\C)c1ccc(OCc2ccccc2C(F)(F)F)c(OCC(=O)O)c1. The van der Waals surface area contributed by atoms with Crippen molar-refractivity contribution in [2.45, 2.75) is 33.6 Å². The summed E-state index contributed by atoms with van der Waals surface area (Å²) in [5.74, 6) is -1.27. The first-order chi connectivity index (χ1) is 15.6. The lowest BCUT2D eigenvalue weighted by Gasteiger charge is -2.18. The molecule has 0 saturated carbocycles. The van der Waals surface area contributed by atoms with E-state index in [0.717, 1.165) is 6.07 Å². The number of ether oxygens (including phenoxy) is 2. The predicted molar refractivity (Wildman–Crippen MR) is 117 cm³/mol. The van der Waals surface area contributed by atoms with Gasteiger partial charge in [0.25, 0.3) is 0 Å². The van der Waals surface area contributed by atoms with Crippen LogP contribution in [-0.4, -0.2) is 41.6 Å². The normalized spacial score (nSPS) is 11.8. The lowest BCUT2D eigenvalue weighted by atomic mass is 10.1. The minimum absolute atomic E-state index is 0.0439. The minimum atomic E-state index is -4.54. The van der Waals surface area contributed by atoms with Crippen LogP contribution >= 0.6 is 0 Å². The Labute approximate surface area is 190 Å². The Morgan fingerprint density at radius 2 is 1.70 bits per heavy atom. The third-order valence-electron chi connectivity index (χ3n) is 4.87. The van der Waals surface area contributed by atoms with E-state index in [1.54, 1.807) is 17.9 Å². The molecule has 2 aromatic carbocycles. The number of rotatable bonds is 10. The molecule has 9 heteroatoms. The number of likely N-dealkylation sites (N-methyl/N-ethyl adjacent to an activating group) is 1. The average Bonchev–Trinajstić information content (AvgIpc) is 2.76. The number of hydrogen-bond donors (Lipinski definition) is 1. The highest BCUT2D eigenvalue weighted by atomic mass is 19.4. The van der Waals surface area contributed by atoms with Crippen molar-refractivity contribution >= 4 is 17.4 Å². The van der Waals surface area contributed by atoms with Gasteiger partial charge in [0, 0.05) is 24.7 Å². The first-order valence-corrected chi connectivity index (χ1v) is 10.3. The van der Waals surface area contributed by atoms with Crippen molar-refractivity contribution < 1.29 is 37.3 Å². The van der Waals surface area contributed by atoms with Crippen molar-refractivity contribution in [1.29, 1.82) is 0 Å². The topological polar surface area (TPSA) is 76.1 Å². The van der Waals surface area contributed by atoms with Crippen LogP contribution in [0, 0.1) is 0 Å². The second kappa shape index (κ2) is 11.4. The fraction of sp³-hybridized carbons (Fsp3) is 0.333. The number of carboxylic acid groups (broad SMARTS) is 1. The predicted octanol–water partition coefficient (Wildman–Crippen LogP) is 5.02. The van der Waals surface area contributed by atoms with Crippen LogP contribution in [-0.2, 0) is 22.4 Å². The molecule has 0 spiro atoms. The van der Waals surface area contributed by atoms with Gasteiger partial charge in [0.15, 0.2) is 18.1 Å². The molecular formula is C24H26F3NO5. The molecule has 0 aliphatic heterocycles. The van der Waals surface area contributed by atoms with Gasteiger partial charge in [-0.3, -0.25) is 4.79 Å². The van der Waals surface area contributed by atoms with Crippen LogP contribution in [0.1, 0.15) is 37.5 Å². The summed E-state index contributed by atoms with van der Waals surface area (Å²) < 4.78 is 50.6. The Morgan fingerprint density at radius 1 is 1.03 bits per heavy atom. The molecule has 2 rings (SSSR count). The van der Waals surface area contributed by atoms with Gasteiger partial charge in [0.1, 0.15) is 6.61 Å². The van der Waals surface area contributed by atoms with Crippen molar-refractivity contribution in [3.05, 3.63) is 65.2 Å². The van der Waals surface area contributed by atoms with E-state index in [9.17, 15) is 22.8 Å². The van der Waals surface area contributed by atoms with E-state index in [2.05, 4.69) is 0 Å². The van der Waals surface area contributed by atoms with Crippen molar-refractivity contribution in [2.75, 3.05) is 19.7 Å². The van der Waals surface area contributed by atoms with Gasteiger partial charge in [0.05, 0.1) is 5.56 Å². The van der Waals surface area contributed by atoms with Crippen molar-refractivity contribution in [2.24, 2.45) is 0 Å². The van der Waals surface area contributed by atoms with E-state index in [-0.39, 0.29) is 23.0 Å². The summed E-state index contributed by atoms with van der Waals surface area (Å²) in [5.41, 5.74) is 0.308. The van der Waals surface area contributed by atoms with E-state index >= 15 is 0 Å². The van der Waals surface area contributed by atoms with Gasteiger partial charge < -0.3 is 19.5 Å². The Hall–Kier alpha value is -3.49. The van der Waals surface area contributed by atoms with Gasteiger partial charge in [-0.15, -0.1) is 0 Å². The van der Waals surface area contributed by atoms with Crippen LogP contribution in [0.3, 0.4) is 0 Å². The second-order valence-corrected chi connectivity index (χ2v) is 7.13. The largest absolute Gasteiger partial charge is 0.485 e. The molecule has 1 amide bonds. The van der Waals surface area contributed by atoms with E-state index in [1.807, 2.05) is 13.8 Å². The van der Waals surface area contributed by atoms with Gasteiger partial charge in [-0.25, -0.2) is 4.79 Å². The quantitative estimate of drug-likeness (QED) is 0.499. The summed E-state index contributed by atoms with van der Waals surface area (Å²) in [7, 11) is 0. The summed E-state index contributed by atoms with van der Waals surface area (Å²) in [4.78, 5) is 25.0. The number of benzene rings is 2. The molecule has 0 aromatic heterocycles. The fourth-order valence-corrected chi connectivity index (χ4v) is 3.10. The zero-order valence-electron chi connectivity index (χ0n) is 18.6. The molecule has 0 atom stereocenters. The smallest absolute Gasteiger partial charge is 0.416 e. The Bertz CT molecular complexity index is 1010. The lowest BCUT2D eigenvalue weighted by molar-refractivity contribution is -0.140. The lowest BCUT2D eigenvalue weighted by Crippen LogP contribution is -2.28. The van der Waals surface area contributed by atoms with E-state index in [4.69, 9.17) is 14.6 Å². The molecule has 2 aromatic rings. The molecule has 0 heterocycles. The first kappa shape index (κ1) is 25.8. The standard InChI is InChI=1S/C24H26F3NO5/c1-4-28(5-2)22(29)12-16(3)17-10-11-20(21(13-17)33-15-23(30)31)32-14-18-8-6-7-9-19(18)24(25,26)27/h6-13H,4-5,14-15H2,1-3H3,(H,30,31)/b16-12+. The number of amides is 1. The number of alkyl halides is 3. The molecular weight excluding hydrogens is 439 g/mol. The van der Waals surface area contributed by atoms with Gasteiger partial charge in [-0.05, 0) is 50.1 Å². The molecule has 0 radical (unpaired) electrons. The maximum atomic E-state index is 13.2. The molecule has 0 bridgehead atoms. The zero-order chi connectivity index (χ0) is 24.6. The maximum absolute atomic E-state index is 13.2. The van der Waals surface area contributed by atoms with E-state index in [0.29, 0.717) is 24.2 Å². The molecule has 1 N–H and O–H groups in total. The summed E-state index contributed by atoms with van der Waals surface area (Å²) in [6.07, 6.45) is -3.07. The van der Waals surface area contributed by atoms with Crippen LogP contribution < -0.4 is 9.47 Å². The zero-order valence-corrected chi connectivity index (χ0v) is 18.6. The van der Waals surface area contributed by atoms with Gasteiger partial charge in [0.2, 0.25) is 5.91 Å². The third kappa shape index (κ3) is 7.27. The van der Waals surface area contributed by atoms with Crippen LogP contribution in [0.15, 0.2) is 48.5 Å². The van der Waals surface area contributed by atoms with Crippen molar-refractivity contribution in [1.82, 2.24) is 4.90 Å². The Morgan fingerprint density at radius 3 is 2.30 bits per heavy atom. The maximum Gasteiger partial charge on any atom is 0.416 e. The molecule has 0 unspecified atom stereocenters. The Balaban J connectivity index is 2.32. The molecule has 0 fully saturated rings. The highest BCUT2D eigenvalue weighted by Crippen LogP contribution is 2.35. The van der Waals surface area contributed by atoms with Crippen molar-refractivity contribution in [3.8, 4) is 11.5 Å². The Kier molecular flexibility index (Phi) is 8.90. The number of carboxylic acids is 1. The van der Waals surface area contributed by atoms with Crippen molar-refractivity contribution in [3.63, 3.8) is 0 Å². The third-order valence-corrected chi connectivity index (χ3v) is 4.87. The number of allylic oxidation sites excluding steroid dienone is 1. The summed E-state index contributed by atoms with van der Waals surface area (Å²) in [6.45, 7) is 5.50. The van der Waals surface area contributed by atoms with Gasteiger partial charge >= 0.3 is 12.1 Å². The molecule has 33 heavy (non-hydrogen) atoms. The highest BCUT2D eigenvalue weighted by molar-refractivity contribution is 5.95. The summed E-state index contributed by atoms with van der Waals surface area (Å²) in [6, 6.07) is 9.62. The van der Waals surface area contributed by atoms with E-state index in [1.165, 1.54) is 36.4 Å². The summed E-state index contributed by atoms with van der Waals surface area (Å²) in [5, 5.41) is 8.96. The van der Waals surface area contributed by atoms with Gasteiger partial charge in [-0.2, -0.15) is 13.2 Å². The second-order valence-electron chi connectivity index (χ2n) is 7.13. The van der Waals surface area contributed by atoms with Crippen LogP contribution in [0.2, 0.25) is 0 Å². The van der Waals surface area contributed by atoms with Gasteiger partial charge in [-0.1, -0.05) is 24.3 Å². The molecule has 0 saturated heterocycles. The molecule has 0 aliphatic rings. The molecule has 0 aliphatic carbocycles.